The Bertz CT molecular complexity index is 877. The van der Waals surface area contributed by atoms with Gasteiger partial charge in [0.2, 0.25) is 0 Å². The van der Waals surface area contributed by atoms with Crippen molar-refractivity contribution in [2.75, 3.05) is 47.8 Å². The first-order valence-corrected chi connectivity index (χ1v) is 9.63. The maximum absolute atomic E-state index is 13.1. The molecule has 0 saturated carbocycles. The number of halogens is 1. The van der Waals surface area contributed by atoms with Crippen LogP contribution in [-0.2, 0) is 6.42 Å². The van der Waals surface area contributed by atoms with Crippen molar-refractivity contribution in [3.63, 3.8) is 0 Å². The Morgan fingerprint density at radius 3 is 2.32 bits per heavy atom. The fourth-order valence-electron chi connectivity index (χ4n) is 3.44. The standard InChI is InChI=1S/C22H24FN5/c23-19-6-8-20(9-7-19)27-12-14-28(15-13-27)22-16-21(25-17-26-22)24-11-10-18-4-2-1-3-5-18/h1-9,16-17H,10-15H2,(H,24,25,26). The van der Waals surface area contributed by atoms with Gasteiger partial charge < -0.3 is 15.1 Å². The lowest BCUT2D eigenvalue weighted by Crippen LogP contribution is -2.46. The highest BCUT2D eigenvalue weighted by Gasteiger charge is 2.18. The summed E-state index contributed by atoms with van der Waals surface area (Å²) in [6.07, 6.45) is 2.57. The zero-order chi connectivity index (χ0) is 19.2. The van der Waals surface area contributed by atoms with Gasteiger partial charge in [-0.3, -0.25) is 0 Å². The van der Waals surface area contributed by atoms with E-state index < -0.39 is 0 Å². The minimum absolute atomic E-state index is 0.198. The van der Waals surface area contributed by atoms with Gasteiger partial charge in [0.1, 0.15) is 23.8 Å². The molecule has 1 fully saturated rings. The molecule has 1 aromatic heterocycles. The maximum atomic E-state index is 13.1. The molecule has 4 rings (SSSR count). The molecule has 0 spiro atoms. The Morgan fingerprint density at radius 1 is 0.857 bits per heavy atom. The summed E-state index contributed by atoms with van der Waals surface area (Å²) in [4.78, 5) is 13.3. The maximum Gasteiger partial charge on any atom is 0.134 e. The Kier molecular flexibility index (Phi) is 5.66. The van der Waals surface area contributed by atoms with Gasteiger partial charge in [-0.25, -0.2) is 14.4 Å². The molecule has 1 saturated heterocycles. The number of benzene rings is 2. The average molecular weight is 377 g/mol. The van der Waals surface area contributed by atoms with Crippen molar-refractivity contribution in [2.45, 2.75) is 6.42 Å². The third-order valence-electron chi connectivity index (χ3n) is 5.01. The van der Waals surface area contributed by atoms with Crippen molar-refractivity contribution in [2.24, 2.45) is 0 Å². The normalized spacial score (nSPS) is 14.2. The van der Waals surface area contributed by atoms with Gasteiger partial charge in [0, 0.05) is 44.5 Å². The first-order chi connectivity index (χ1) is 13.8. The molecule has 1 aliphatic rings. The van der Waals surface area contributed by atoms with Gasteiger partial charge in [0.25, 0.3) is 0 Å². The lowest BCUT2D eigenvalue weighted by Gasteiger charge is -2.36. The molecule has 1 N–H and O–H groups in total. The number of aromatic nitrogens is 2. The van der Waals surface area contributed by atoms with Crippen molar-refractivity contribution in [1.29, 1.82) is 0 Å². The van der Waals surface area contributed by atoms with Crippen molar-refractivity contribution < 1.29 is 4.39 Å². The fraction of sp³-hybridized carbons (Fsp3) is 0.273. The van der Waals surface area contributed by atoms with E-state index >= 15 is 0 Å². The Balaban J connectivity index is 1.31. The van der Waals surface area contributed by atoms with Crippen molar-refractivity contribution in [3.05, 3.63) is 78.4 Å². The number of piperazine rings is 1. The van der Waals surface area contributed by atoms with E-state index in [1.54, 1.807) is 6.33 Å². The summed E-state index contributed by atoms with van der Waals surface area (Å²) >= 11 is 0. The van der Waals surface area contributed by atoms with E-state index in [0.29, 0.717) is 0 Å². The molecule has 0 atom stereocenters. The topological polar surface area (TPSA) is 44.3 Å². The Labute approximate surface area is 164 Å². The largest absolute Gasteiger partial charge is 0.370 e. The van der Waals surface area contributed by atoms with E-state index in [0.717, 1.165) is 56.5 Å². The molecule has 0 unspecified atom stereocenters. The fourth-order valence-corrected chi connectivity index (χ4v) is 3.44. The zero-order valence-electron chi connectivity index (χ0n) is 15.8. The monoisotopic (exact) mass is 377 g/mol. The lowest BCUT2D eigenvalue weighted by atomic mass is 10.1. The van der Waals surface area contributed by atoms with E-state index in [2.05, 4.69) is 49.4 Å². The minimum Gasteiger partial charge on any atom is -0.370 e. The summed E-state index contributed by atoms with van der Waals surface area (Å²) in [5.41, 5.74) is 2.37. The molecule has 0 amide bonds. The molecule has 6 heteroatoms. The smallest absolute Gasteiger partial charge is 0.134 e. The number of anilines is 3. The number of hydrogen-bond donors (Lipinski definition) is 1. The van der Waals surface area contributed by atoms with Crippen molar-refractivity contribution in [3.8, 4) is 0 Å². The minimum atomic E-state index is -0.198. The van der Waals surface area contributed by atoms with Crippen molar-refractivity contribution in [1.82, 2.24) is 9.97 Å². The molecular weight excluding hydrogens is 353 g/mol. The zero-order valence-corrected chi connectivity index (χ0v) is 15.8. The second-order valence-corrected chi connectivity index (χ2v) is 6.87. The molecule has 0 radical (unpaired) electrons. The second-order valence-electron chi connectivity index (χ2n) is 6.87. The third-order valence-corrected chi connectivity index (χ3v) is 5.01. The molecule has 0 aliphatic carbocycles. The SMILES string of the molecule is Fc1ccc(N2CCN(c3cc(NCCc4ccccc4)ncn3)CC2)cc1. The quantitative estimate of drug-likeness (QED) is 0.711. The number of nitrogens with zero attached hydrogens (tertiary/aromatic N) is 4. The molecular formula is C22H24FN5. The van der Waals surface area contributed by atoms with Crippen LogP contribution in [0.5, 0.6) is 0 Å². The van der Waals surface area contributed by atoms with Gasteiger partial charge in [-0.05, 0) is 36.2 Å². The molecule has 0 bridgehead atoms. The summed E-state index contributed by atoms with van der Waals surface area (Å²) in [7, 11) is 0. The molecule has 2 heterocycles. The van der Waals surface area contributed by atoms with Crippen LogP contribution >= 0.6 is 0 Å². The predicted octanol–water partition coefficient (Wildman–Crippen LogP) is 3.60. The van der Waals surface area contributed by atoms with E-state index in [4.69, 9.17) is 0 Å². The second kappa shape index (κ2) is 8.69. The van der Waals surface area contributed by atoms with Crippen molar-refractivity contribution >= 4 is 17.3 Å². The van der Waals surface area contributed by atoms with Gasteiger partial charge in [-0.1, -0.05) is 30.3 Å². The van der Waals surface area contributed by atoms with Gasteiger partial charge >= 0.3 is 0 Å². The summed E-state index contributed by atoms with van der Waals surface area (Å²) in [6, 6.07) is 19.1. The van der Waals surface area contributed by atoms with E-state index in [-0.39, 0.29) is 5.82 Å². The van der Waals surface area contributed by atoms with Gasteiger partial charge in [0.05, 0.1) is 0 Å². The van der Waals surface area contributed by atoms with Crippen LogP contribution < -0.4 is 15.1 Å². The lowest BCUT2D eigenvalue weighted by molar-refractivity contribution is 0.624. The van der Waals surface area contributed by atoms with Crippen LogP contribution in [0, 0.1) is 5.82 Å². The molecule has 2 aromatic carbocycles. The van der Waals surface area contributed by atoms with Gasteiger partial charge in [-0.15, -0.1) is 0 Å². The number of hydrogen-bond acceptors (Lipinski definition) is 5. The van der Waals surface area contributed by atoms with Crippen LogP contribution in [0.3, 0.4) is 0 Å². The first kappa shape index (κ1) is 18.2. The molecule has 144 valence electrons. The number of nitrogens with one attached hydrogen (secondary N) is 1. The average Bonchev–Trinajstić information content (AvgIpc) is 2.75. The van der Waals surface area contributed by atoms with Crippen LogP contribution in [-0.4, -0.2) is 42.7 Å². The van der Waals surface area contributed by atoms with E-state index in [1.165, 1.54) is 17.7 Å². The molecule has 28 heavy (non-hydrogen) atoms. The first-order valence-electron chi connectivity index (χ1n) is 9.63. The van der Waals surface area contributed by atoms with Gasteiger partial charge in [-0.2, -0.15) is 0 Å². The molecule has 3 aromatic rings. The summed E-state index contributed by atoms with van der Waals surface area (Å²) in [5.74, 6) is 1.59. The highest BCUT2D eigenvalue weighted by Crippen LogP contribution is 2.20. The highest BCUT2D eigenvalue weighted by atomic mass is 19.1. The Morgan fingerprint density at radius 2 is 1.57 bits per heavy atom. The van der Waals surface area contributed by atoms with Crippen LogP contribution in [0.15, 0.2) is 67.0 Å². The van der Waals surface area contributed by atoms with Gasteiger partial charge in [0.15, 0.2) is 0 Å². The van der Waals surface area contributed by atoms with Crippen LogP contribution in [0.2, 0.25) is 0 Å². The molecule has 1 aliphatic heterocycles. The van der Waals surface area contributed by atoms with Crippen LogP contribution in [0.1, 0.15) is 5.56 Å². The highest BCUT2D eigenvalue weighted by molar-refractivity contribution is 5.52. The Hall–Kier alpha value is -3.15. The number of rotatable bonds is 6. The van der Waals surface area contributed by atoms with Crippen LogP contribution in [0.25, 0.3) is 0 Å². The summed E-state index contributed by atoms with van der Waals surface area (Å²) < 4.78 is 13.1. The molecule has 5 nitrogen and oxygen atoms in total. The van der Waals surface area contributed by atoms with E-state index in [1.807, 2.05) is 24.3 Å². The third kappa shape index (κ3) is 4.57. The predicted molar refractivity (Wildman–Crippen MR) is 111 cm³/mol. The summed E-state index contributed by atoms with van der Waals surface area (Å²) in [5, 5.41) is 3.39. The summed E-state index contributed by atoms with van der Waals surface area (Å²) in [6.45, 7) is 4.34. The van der Waals surface area contributed by atoms with Crippen LogP contribution in [0.4, 0.5) is 21.7 Å². The van der Waals surface area contributed by atoms with E-state index in [9.17, 15) is 4.39 Å².